The smallest absolute Gasteiger partial charge is 0.322 e. The average Bonchev–Trinajstić information content (AvgIpc) is 3.30. The normalized spacial score (nSPS) is 10.9. The zero-order valence-electron chi connectivity index (χ0n) is 15.5. The molecule has 0 fully saturated rings. The number of nitrogens with zero attached hydrogens (tertiary/aromatic N) is 2. The van der Waals surface area contributed by atoms with Gasteiger partial charge in [-0.15, -0.1) is 16.4 Å². The maximum absolute atomic E-state index is 12.2. The molecule has 3 rings (SSSR count). The number of ether oxygens (including phenoxy) is 3. The summed E-state index contributed by atoms with van der Waals surface area (Å²) < 4.78 is 22.2. The van der Waals surface area contributed by atoms with Crippen molar-refractivity contribution in [3.8, 4) is 28.7 Å². The first kappa shape index (κ1) is 21.0. The Labute approximate surface area is 180 Å². The van der Waals surface area contributed by atoms with Gasteiger partial charge in [0.2, 0.25) is 5.75 Å². The van der Waals surface area contributed by atoms with Crippen molar-refractivity contribution in [3.63, 3.8) is 0 Å². The number of rotatable bonds is 7. The molecule has 29 heavy (non-hydrogen) atoms. The summed E-state index contributed by atoms with van der Waals surface area (Å²) in [6.45, 7) is 0. The van der Waals surface area contributed by atoms with E-state index in [0.717, 1.165) is 0 Å². The zero-order chi connectivity index (χ0) is 21.0. The number of carbonyl (C=O) groups excluding carboxylic acids is 1. The second-order valence-corrected chi connectivity index (χ2v) is 7.72. The lowest BCUT2D eigenvalue weighted by molar-refractivity contribution is -0.112. The Morgan fingerprint density at radius 1 is 1.10 bits per heavy atom. The van der Waals surface area contributed by atoms with E-state index in [1.807, 2.05) is 0 Å². The maximum atomic E-state index is 12.2. The van der Waals surface area contributed by atoms with E-state index in [1.54, 1.807) is 24.3 Å². The first-order valence-corrected chi connectivity index (χ1v) is 9.60. The number of anilines is 1. The summed E-state index contributed by atoms with van der Waals surface area (Å²) in [5.74, 6) is 1.09. The van der Waals surface area contributed by atoms with Gasteiger partial charge in [-0.1, -0.05) is 28.3 Å². The van der Waals surface area contributed by atoms with Gasteiger partial charge in [-0.25, -0.2) is 0 Å². The number of methoxy groups -OCH3 is 3. The van der Waals surface area contributed by atoms with Gasteiger partial charge >= 0.3 is 6.01 Å². The molecular weight excluding hydrogens is 441 g/mol. The lowest BCUT2D eigenvalue weighted by atomic mass is 10.1. The van der Waals surface area contributed by atoms with Gasteiger partial charge in [0.15, 0.2) is 11.5 Å². The molecule has 0 unspecified atom stereocenters. The minimum atomic E-state index is -0.469. The van der Waals surface area contributed by atoms with E-state index in [4.69, 9.17) is 41.8 Å². The molecule has 1 aromatic carbocycles. The minimum Gasteiger partial charge on any atom is -0.493 e. The van der Waals surface area contributed by atoms with Crippen LogP contribution in [0.5, 0.6) is 17.2 Å². The standard InChI is InChI=1S/C18H15Cl2N3O5S/c1-25-11-6-9(7-12(26-2)15(11)27-3)4-5-14(24)21-18-23-22-17(28-18)10-8-13(19)29-16(10)20/h4-8H,1-3H3,(H,21,23,24). The molecule has 0 radical (unpaired) electrons. The molecule has 0 spiro atoms. The summed E-state index contributed by atoms with van der Waals surface area (Å²) in [4.78, 5) is 12.2. The van der Waals surface area contributed by atoms with Crippen LogP contribution in [0.4, 0.5) is 6.01 Å². The van der Waals surface area contributed by atoms with Gasteiger partial charge in [0.05, 0.1) is 31.2 Å². The highest BCUT2D eigenvalue weighted by molar-refractivity contribution is 7.20. The fraction of sp³-hybridized carbons (Fsp3) is 0.167. The first-order valence-electron chi connectivity index (χ1n) is 8.03. The Bertz CT molecular complexity index is 1040. The third-order valence-corrected chi connectivity index (χ3v) is 5.14. The summed E-state index contributed by atoms with van der Waals surface area (Å²) in [6.07, 6.45) is 2.88. The third-order valence-electron chi connectivity index (χ3n) is 3.66. The van der Waals surface area contributed by atoms with Crippen LogP contribution < -0.4 is 19.5 Å². The summed E-state index contributed by atoms with van der Waals surface area (Å²) in [5.41, 5.74) is 1.17. The van der Waals surface area contributed by atoms with Crippen molar-refractivity contribution >= 4 is 52.5 Å². The minimum absolute atomic E-state index is 0.0714. The molecule has 0 saturated heterocycles. The predicted octanol–water partition coefficient (Wildman–Crippen LogP) is 4.78. The molecule has 0 aliphatic carbocycles. The fourth-order valence-electron chi connectivity index (χ4n) is 2.39. The van der Waals surface area contributed by atoms with E-state index < -0.39 is 5.91 Å². The van der Waals surface area contributed by atoms with E-state index >= 15 is 0 Å². The number of hydrogen-bond acceptors (Lipinski definition) is 8. The highest BCUT2D eigenvalue weighted by Crippen LogP contribution is 2.39. The van der Waals surface area contributed by atoms with Crippen LogP contribution in [0.25, 0.3) is 17.5 Å². The van der Waals surface area contributed by atoms with Gasteiger partial charge < -0.3 is 18.6 Å². The van der Waals surface area contributed by atoms with Gasteiger partial charge in [0, 0.05) is 6.08 Å². The topological polar surface area (TPSA) is 95.7 Å². The largest absolute Gasteiger partial charge is 0.493 e. The number of aromatic nitrogens is 2. The number of carbonyl (C=O) groups is 1. The number of hydrogen-bond donors (Lipinski definition) is 1. The summed E-state index contributed by atoms with van der Waals surface area (Å²) in [6, 6.07) is 4.95. The van der Waals surface area contributed by atoms with Crippen molar-refractivity contribution in [2.24, 2.45) is 0 Å². The molecule has 0 saturated carbocycles. The Balaban J connectivity index is 1.73. The Morgan fingerprint density at radius 3 is 2.34 bits per heavy atom. The van der Waals surface area contributed by atoms with Crippen LogP contribution >= 0.6 is 34.5 Å². The van der Waals surface area contributed by atoms with Crippen molar-refractivity contribution in [3.05, 3.63) is 38.5 Å². The number of thiophene rings is 1. The van der Waals surface area contributed by atoms with Gasteiger partial charge in [0.25, 0.3) is 11.8 Å². The van der Waals surface area contributed by atoms with Gasteiger partial charge in [-0.2, -0.15) is 0 Å². The Kier molecular flexibility index (Phi) is 6.63. The lowest BCUT2D eigenvalue weighted by Crippen LogP contribution is -2.07. The number of benzene rings is 1. The van der Waals surface area contributed by atoms with Crippen LogP contribution in [0.2, 0.25) is 8.67 Å². The monoisotopic (exact) mass is 455 g/mol. The van der Waals surface area contributed by atoms with Crippen LogP contribution in [-0.4, -0.2) is 37.4 Å². The second-order valence-electron chi connectivity index (χ2n) is 5.43. The Hall–Kier alpha value is -2.75. The number of amides is 1. The second kappa shape index (κ2) is 9.17. The van der Waals surface area contributed by atoms with Crippen molar-refractivity contribution in [2.75, 3.05) is 26.6 Å². The summed E-state index contributed by atoms with van der Waals surface area (Å²) >= 11 is 13.1. The van der Waals surface area contributed by atoms with Crippen LogP contribution in [0.1, 0.15) is 5.56 Å². The number of halogens is 2. The maximum Gasteiger partial charge on any atom is 0.322 e. The van der Waals surface area contributed by atoms with E-state index in [0.29, 0.717) is 37.0 Å². The highest BCUT2D eigenvalue weighted by atomic mass is 35.5. The van der Waals surface area contributed by atoms with Gasteiger partial charge in [0.1, 0.15) is 4.34 Å². The molecule has 11 heteroatoms. The van der Waals surface area contributed by atoms with E-state index in [2.05, 4.69) is 15.5 Å². The van der Waals surface area contributed by atoms with Crippen LogP contribution in [0.3, 0.4) is 0 Å². The van der Waals surface area contributed by atoms with Gasteiger partial charge in [-0.05, 0) is 29.8 Å². The molecule has 0 atom stereocenters. The number of nitrogens with one attached hydrogen (secondary N) is 1. The first-order chi connectivity index (χ1) is 13.9. The molecule has 1 amide bonds. The Morgan fingerprint density at radius 2 is 1.79 bits per heavy atom. The molecular formula is C18H15Cl2N3O5S. The molecule has 8 nitrogen and oxygen atoms in total. The van der Waals surface area contributed by atoms with E-state index in [9.17, 15) is 4.79 Å². The molecule has 0 bridgehead atoms. The van der Waals surface area contributed by atoms with E-state index in [1.165, 1.54) is 38.7 Å². The van der Waals surface area contributed by atoms with Crippen LogP contribution in [0, 0.1) is 0 Å². The van der Waals surface area contributed by atoms with Crippen LogP contribution in [-0.2, 0) is 4.79 Å². The molecule has 0 aliphatic rings. The molecule has 2 heterocycles. The lowest BCUT2D eigenvalue weighted by Gasteiger charge is -2.12. The SMILES string of the molecule is COc1cc(C=CC(=O)Nc2nnc(-c3cc(Cl)sc3Cl)o2)cc(OC)c1OC. The van der Waals surface area contributed by atoms with E-state index in [-0.39, 0.29) is 11.9 Å². The zero-order valence-corrected chi connectivity index (χ0v) is 17.8. The van der Waals surface area contributed by atoms with Crippen molar-refractivity contribution in [1.82, 2.24) is 10.2 Å². The molecule has 0 aliphatic heterocycles. The third kappa shape index (κ3) is 4.81. The molecule has 2 aromatic heterocycles. The summed E-state index contributed by atoms with van der Waals surface area (Å²) in [5, 5.41) is 10.1. The van der Waals surface area contributed by atoms with Crippen molar-refractivity contribution in [1.29, 1.82) is 0 Å². The summed E-state index contributed by atoms with van der Waals surface area (Å²) in [7, 11) is 4.54. The molecule has 3 aromatic rings. The van der Waals surface area contributed by atoms with Crippen LogP contribution in [0.15, 0.2) is 28.7 Å². The fourth-order valence-corrected chi connectivity index (χ4v) is 3.83. The van der Waals surface area contributed by atoms with Crippen molar-refractivity contribution in [2.45, 2.75) is 0 Å². The van der Waals surface area contributed by atoms with Crippen molar-refractivity contribution < 1.29 is 23.4 Å². The molecule has 152 valence electrons. The molecule has 1 N–H and O–H groups in total. The predicted molar refractivity (Wildman–Crippen MR) is 111 cm³/mol. The van der Waals surface area contributed by atoms with Gasteiger partial charge in [-0.3, -0.25) is 10.1 Å². The quantitative estimate of drug-likeness (QED) is 0.511. The average molecular weight is 456 g/mol. The highest BCUT2D eigenvalue weighted by Gasteiger charge is 2.16.